The number of hydrogen-bond acceptors (Lipinski definition) is 3. The molecule has 4 aliphatic rings. The third-order valence-corrected chi connectivity index (χ3v) is 12.5. The van der Waals surface area contributed by atoms with Gasteiger partial charge in [0, 0.05) is 30.3 Å². The molecule has 1 amide bonds. The summed E-state index contributed by atoms with van der Waals surface area (Å²) in [4.78, 5) is 28.4. The highest BCUT2D eigenvalue weighted by molar-refractivity contribution is 5.87. The summed E-state index contributed by atoms with van der Waals surface area (Å²) in [5, 5.41) is 12.0. The molecule has 4 nitrogen and oxygen atoms in total. The summed E-state index contributed by atoms with van der Waals surface area (Å²) in [7, 11) is 0. The first-order valence-electron chi connectivity index (χ1n) is 17.4. The van der Waals surface area contributed by atoms with Crippen LogP contribution in [0.5, 0.6) is 0 Å². The van der Waals surface area contributed by atoms with Crippen molar-refractivity contribution in [2.75, 3.05) is 13.1 Å². The maximum atomic E-state index is 13.5. The zero-order valence-corrected chi connectivity index (χ0v) is 27.2. The standard InChI is InChI=1S/C36H63NO3/c1-7-8-9-10-11-12-13-14-15-24-37(32(39)33(2,3)4)26-36(40)23-22-34(5)27(25-36)16-17-28-29-18-19-31(38)35(29,6)21-20-30(28)34/h27-30,40H,7-26H2,1-6H3/t27-,28-,29-,30-,34-,35-,36+/m0/s1. The molecule has 0 radical (unpaired) electrons. The van der Waals surface area contributed by atoms with E-state index >= 15 is 0 Å². The van der Waals surface area contributed by atoms with Gasteiger partial charge in [0.2, 0.25) is 5.91 Å². The minimum Gasteiger partial charge on any atom is -0.388 e. The predicted octanol–water partition coefficient (Wildman–Crippen LogP) is 8.73. The van der Waals surface area contributed by atoms with E-state index in [-0.39, 0.29) is 16.7 Å². The van der Waals surface area contributed by atoms with E-state index in [0.29, 0.717) is 36.0 Å². The largest absolute Gasteiger partial charge is 0.388 e. The minimum absolute atomic E-state index is 0.0668. The number of Topliss-reactive ketones (excluding diaryl/α,β-unsaturated/α-hetero) is 1. The van der Waals surface area contributed by atoms with Crippen LogP contribution in [-0.4, -0.2) is 40.4 Å². The minimum atomic E-state index is -0.774. The van der Waals surface area contributed by atoms with Gasteiger partial charge in [-0.05, 0) is 86.9 Å². The van der Waals surface area contributed by atoms with Crippen LogP contribution in [0.15, 0.2) is 0 Å². The van der Waals surface area contributed by atoms with Crippen molar-refractivity contribution in [1.29, 1.82) is 0 Å². The van der Waals surface area contributed by atoms with E-state index in [2.05, 4.69) is 20.8 Å². The summed E-state index contributed by atoms with van der Waals surface area (Å²) in [5.41, 5.74) is -1.01. The van der Waals surface area contributed by atoms with Gasteiger partial charge in [0.05, 0.1) is 5.60 Å². The first kappa shape index (κ1) is 32.0. The van der Waals surface area contributed by atoms with Gasteiger partial charge in [-0.25, -0.2) is 0 Å². The third-order valence-electron chi connectivity index (χ3n) is 12.5. The highest BCUT2D eigenvalue weighted by Gasteiger charge is 2.61. The Morgan fingerprint density at radius 3 is 2.17 bits per heavy atom. The van der Waals surface area contributed by atoms with Gasteiger partial charge < -0.3 is 10.0 Å². The normalized spacial score (nSPS) is 37.5. The first-order valence-corrected chi connectivity index (χ1v) is 17.4. The quantitative estimate of drug-likeness (QED) is 0.244. The van der Waals surface area contributed by atoms with Gasteiger partial charge in [-0.2, -0.15) is 0 Å². The van der Waals surface area contributed by atoms with E-state index in [1.54, 1.807) is 0 Å². The Morgan fingerprint density at radius 2 is 1.52 bits per heavy atom. The number of fused-ring (bicyclic) bond motifs is 5. The molecule has 40 heavy (non-hydrogen) atoms. The van der Waals surface area contributed by atoms with Crippen molar-refractivity contribution in [3.8, 4) is 0 Å². The number of hydrogen-bond donors (Lipinski definition) is 1. The number of carbonyl (C=O) groups is 2. The molecule has 0 aliphatic heterocycles. The number of amides is 1. The molecule has 0 spiro atoms. The molecular formula is C36H63NO3. The average Bonchev–Trinajstić information content (AvgIpc) is 3.21. The Balaban J connectivity index is 1.34. The molecule has 4 heteroatoms. The second-order valence-corrected chi connectivity index (χ2v) is 16.3. The Hall–Kier alpha value is -0.900. The number of unbranched alkanes of at least 4 members (excludes halogenated alkanes) is 8. The van der Waals surface area contributed by atoms with E-state index in [1.807, 2.05) is 25.7 Å². The zero-order valence-electron chi connectivity index (χ0n) is 27.2. The van der Waals surface area contributed by atoms with Gasteiger partial charge >= 0.3 is 0 Å². The number of carbonyl (C=O) groups excluding carboxylic acids is 2. The van der Waals surface area contributed by atoms with Crippen molar-refractivity contribution < 1.29 is 14.7 Å². The van der Waals surface area contributed by atoms with Gasteiger partial charge in [0.25, 0.3) is 0 Å². The van der Waals surface area contributed by atoms with E-state index in [9.17, 15) is 14.7 Å². The van der Waals surface area contributed by atoms with Crippen molar-refractivity contribution in [2.24, 2.45) is 39.9 Å². The maximum Gasteiger partial charge on any atom is 0.228 e. The molecule has 0 saturated heterocycles. The lowest BCUT2D eigenvalue weighted by Gasteiger charge is -2.61. The van der Waals surface area contributed by atoms with Gasteiger partial charge in [-0.1, -0.05) is 92.9 Å². The SMILES string of the molecule is CCCCCCCCCCCN(C[C@@]1(O)CC[C@@]2(C)[C@@H](CC[C@@H]3[C@@H]2CC[C@]2(C)C(=O)CC[C@@H]32)C1)C(=O)C(C)(C)C. The lowest BCUT2D eigenvalue weighted by molar-refractivity contribution is -0.163. The van der Waals surface area contributed by atoms with E-state index in [0.717, 1.165) is 51.5 Å². The van der Waals surface area contributed by atoms with E-state index in [1.165, 1.54) is 70.6 Å². The Labute approximate surface area is 246 Å². The van der Waals surface area contributed by atoms with E-state index in [4.69, 9.17) is 0 Å². The molecule has 7 atom stereocenters. The smallest absolute Gasteiger partial charge is 0.228 e. The number of aliphatic hydroxyl groups is 1. The molecule has 230 valence electrons. The van der Waals surface area contributed by atoms with E-state index < -0.39 is 11.0 Å². The average molecular weight is 558 g/mol. The lowest BCUT2D eigenvalue weighted by atomic mass is 9.44. The second kappa shape index (κ2) is 12.8. The fraction of sp³-hybridized carbons (Fsp3) is 0.944. The first-order chi connectivity index (χ1) is 18.8. The van der Waals surface area contributed by atoms with Crippen LogP contribution in [0.3, 0.4) is 0 Å². The topological polar surface area (TPSA) is 57.6 Å². The van der Waals surface area contributed by atoms with Crippen molar-refractivity contribution in [1.82, 2.24) is 4.90 Å². The van der Waals surface area contributed by atoms with Gasteiger partial charge in [0.1, 0.15) is 5.78 Å². The Morgan fingerprint density at radius 1 is 0.875 bits per heavy atom. The summed E-state index contributed by atoms with van der Waals surface area (Å²) < 4.78 is 0. The van der Waals surface area contributed by atoms with Crippen LogP contribution < -0.4 is 0 Å². The van der Waals surface area contributed by atoms with Crippen molar-refractivity contribution in [2.45, 2.75) is 163 Å². The molecule has 4 rings (SSSR count). The Kier molecular flexibility index (Phi) is 10.2. The molecule has 1 N–H and O–H groups in total. The van der Waals surface area contributed by atoms with Gasteiger partial charge in [-0.3, -0.25) is 9.59 Å². The molecule has 0 bridgehead atoms. The summed E-state index contributed by atoms with van der Waals surface area (Å²) in [6.07, 6.45) is 20.7. The molecular weight excluding hydrogens is 494 g/mol. The molecule has 0 aromatic rings. The van der Waals surface area contributed by atoms with Gasteiger partial charge in [0.15, 0.2) is 0 Å². The monoisotopic (exact) mass is 557 g/mol. The van der Waals surface area contributed by atoms with Crippen LogP contribution in [0, 0.1) is 39.9 Å². The fourth-order valence-electron chi connectivity index (χ4n) is 9.93. The lowest BCUT2D eigenvalue weighted by Crippen LogP contribution is -2.58. The number of nitrogens with zero attached hydrogens (tertiary/aromatic N) is 1. The molecule has 4 fully saturated rings. The molecule has 0 aromatic carbocycles. The summed E-state index contributed by atoms with van der Waals surface area (Å²) in [6.45, 7) is 14.4. The Bertz CT molecular complexity index is 878. The summed E-state index contributed by atoms with van der Waals surface area (Å²) in [6, 6.07) is 0. The van der Waals surface area contributed by atoms with Crippen LogP contribution in [-0.2, 0) is 9.59 Å². The number of ketones is 1. The van der Waals surface area contributed by atoms with Crippen LogP contribution >= 0.6 is 0 Å². The van der Waals surface area contributed by atoms with Crippen molar-refractivity contribution in [3.63, 3.8) is 0 Å². The predicted molar refractivity (Wildman–Crippen MR) is 165 cm³/mol. The summed E-state index contributed by atoms with van der Waals surface area (Å²) >= 11 is 0. The molecule has 0 unspecified atom stereocenters. The third kappa shape index (κ3) is 6.68. The van der Waals surface area contributed by atoms with Crippen molar-refractivity contribution >= 4 is 11.7 Å². The van der Waals surface area contributed by atoms with Crippen molar-refractivity contribution in [3.05, 3.63) is 0 Å². The van der Waals surface area contributed by atoms with Crippen LogP contribution in [0.25, 0.3) is 0 Å². The van der Waals surface area contributed by atoms with Crippen LogP contribution in [0.1, 0.15) is 157 Å². The zero-order chi connectivity index (χ0) is 29.2. The summed E-state index contributed by atoms with van der Waals surface area (Å²) in [5.74, 6) is 3.19. The second-order valence-electron chi connectivity index (χ2n) is 16.3. The molecule has 4 aliphatic carbocycles. The highest BCUT2D eigenvalue weighted by Crippen LogP contribution is 2.66. The number of rotatable bonds is 12. The fourth-order valence-corrected chi connectivity index (χ4v) is 9.93. The van der Waals surface area contributed by atoms with Gasteiger partial charge in [-0.15, -0.1) is 0 Å². The molecule has 0 aromatic heterocycles. The molecule has 0 heterocycles. The maximum absolute atomic E-state index is 13.5. The highest BCUT2D eigenvalue weighted by atomic mass is 16.3. The van der Waals surface area contributed by atoms with Crippen LogP contribution in [0.2, 0.25) is 0 Å². The van der Waals surface area contributed by atoms with Crippen LogP contribution in [0.4, 0.5) is 0 Å². The molecule has 4 saturated carbocycles.